The Morgan fingerprint density at radius 1 is 1.37 bits per heavy atom. The van der Waals surface area contributed by atoms with Gasteiger partial charge in [-0.3, -0.25) is 0 Å². The molecule has 0 amide bonds. The average molecular weight is 287 g/mol. The third-order valence-electron chi connectivity index (χ3n) is 3.91. The Morgan fingerprint density at radius 3 is 2.53 bits per heavy atom. The molecule has 1 N–H and O–H groups in total. The molecule has 0 saturated carbocycles. The van der Waals surface area contributed by atoms with Gasteiger partial charge in [0.25, 0.3) is 0 Å². The van der Waals surface area contributed by atoms with Crippen LogP contribution in [-0.2, 0) is 6.42 Å². The van der Waals surface area contributed by atoms with Crippen LogP contribution in [-0.4, -0.2) is 37.1 Å². The third kappa shape index (κ3) is 3.91. The highest BCUT2D eigenvalue weighted by atomic mass is 35.5. The number of nitrogens with one attached hydrogen (secondary N) is 1. The number of nitrogens with zero attached hydrogens (tertiary/aromatic N) is 1. The molecule has 2 nitrogen and oxygen atoms in total. The molecule has 4 heteroatoms. The zero-order valence-corrected chi connectivity index (χ0v) is 13.2. The van der Waals surface area contributed by atoms with E-state index in [1.165, 1.54) is 6.07 Å². The van der Waals surface area contributed by atoms with Crippen molar-refractivity contribution in [2.75, 3.05) is 20.6 Å². The summed E-state index contributed by atoms with van der Waals surface area (Å²) in [6.45, 7) is 7.29. The highest BCUT2D eigenvalue weighted by molar-refractivity contribution is 6.31. The first-order valence-corrected chi connectivity index (χ1v) is 7.02. The van der Waals surface area contributed by atoms with Gasteiger partial charge >= 0.3 is 0 Å². The average Bonchev–Trinajstić information content (AvgIpc) is 2.33. The maximum absolute atomic E-state index is 13.5. The molecule has 0 aliphatic carbocycles. The summed E-state index contributed by atoms with van der Waals surface area (Å²) in [5, 5.41) is 3.71. The van der Waals surface area contributed by atoms with Gasteiger partial charge in [0.15, 0.2) is 0 Å². The fourth-order valence-electron chi connectivity index (χ4n) is 2.06. The summed E-state index contributed by atoms with van der Waals surface area (Å²) in [5.41, 5.74) is 0.800. The number of hydrogen-bond donors (Lipinski definition) is 1. The van der Waals surface area contributed by atoms with Crippen molar-refractivity contribution in [3.8, 4) is 0 Å². The molecule has 1 rings (SSSR count). The molecule has 1 aromatic rings. The van der Waals surface area contributed by atoms with Gasteiger partial charge in [-0.2, -0.15) is 0 Å². The molecule has 19 heavy (non-hydrogen) atoms. The van der Waals surface area contributed by atoms with Crippen LogP contribution in [0.3, 0.4) is 0 Å². The number of halogens is 2. The Labute approximate surface area is 120 Å². The number of rotatable bonds is 6. The Balaban J connectivity index is 2.99. The fraction of sp³-hybridized carbons (Fsp3) is 0.600. The molecule has 1 aromatic carbocycles. The number of hydrogen-bond acceptors (Lipinski definition) is 2. The smallest absolute Gasteiger partial charge is 0.142 e. The van der Waals surface area contributed by atoms with E-state index in [-0.39, 0.29) is 22.4 Å². The van der Waals surface area contributed by atoms with Crippen LogP contribution in [0.1, 0.15) is 26.3 Å². The molecule has 0 radical (unpaired) electrons. The van der Waals surface area contributed by atoms with Crippen molar-refractivity contribution in [3.63, 3.8) is 0 Å². The summed E-state index contributed by atoms with van der Waals surface area (Å²) >= 11 is 6.05. The van der Waals surface area contributed by atoms with Crippen molar-refractivity contribution in [1.82, 2.24) is 10.2 Å². The van der Waals surface area contributed by atoms with Crippen molar-refractivity contribution in [1.29, 1.82) is 0 Å². The summed E-state index contributed by atoms with van der Waals surface area (Å²) in [4.78, 5) is 2.17. The summed E-state index contributed by atoms with van der Waals surface area (Å²) in [6.07, 6.45) is 0.704. The van der Waals surface area contributed by atoms with Crippen molar-refractivity contribution in [2.45, 2.75) is 38.8 Å². The van der Waals surface area contributed by atoms with E-state index in [9.17, 15) is 4.39 Å². The Kier molecular flexibility index (Phi) is 5.78. The molecule has 1 unspecified atom stereocenters. The van der Waals surface area contributed by atoms with Gasteiger partial charge in [0.05, 0.1) is 5.02 Å². The van der Waals surface area contributed by atoms with Gasteiger partial charge in [-0.25, -0.2) is 4.39 Å². The van der Waals surface area contributed by atoms with E-state index in [0.29, 0.717) is 6.42 Å². The molecule has 108 valence electrons. The largest absolute Gasteiger partial charge is 0.312 e. The van der Waals surface area contributed by atoms with Gasteiger partial charge < -0.3 is 10.2 Å². The standard InChI is InChI=1S/C15H24ClFN2/c1-6-18-13(15(2,3)19(4)5)10-11-8-7-9-12(17)14(11)16/h7-9,13,18H,6,10H2,1-5H3. The van der Waals surface area contributed by atoms with Crippen LogP contribution < -0.4 is 5.32 Å². The molecule has 0 aliphatic heterocycles. The van der Waals surface area contributed by atoms with Crippen molar-refractivity contribution in [3.05, 3.63) is 34.6 Å². The van der Waals surface area contributed by atoms with Gasteiger partial charge in [0, 0.05) is 11.6 Å². The Morgan fingerprint density at radius 2 is 2.00 bits per heavy atom. The maximum atomic E-state index is 13.5. The van der Waals surface area contributed by atoms with Crippen LogP contribution >= 0.6 is 11.6 Å². The molecule has 0 fully saturated rings. The van der Waals surface area contributed by atoms with Crippen molar-refractivity contribution >= 4 is 11.6 Å². The maximum Gasteiger partial charge on any atom is 0.142 e. The minimum atomic E-state index is -0.350. The predicted octanol–water partition coefficient (Wildman–Crippen LogP) is 3.34. The van der Waals surface area contributed by atoms with E-state index in [1.807, 2.05) is 6.07 Å². The molecule has 0 aromatic heterocycles. The minimum Gasteiger partial charge on any atom is -0.312 e. The van der Waals surface area contributed by atoms with Crippen LogP contribution in [0, 0.1) is 5.82 Å². The summed E-state index contributed by atoms with van der Waals surface area (Å²) < 4.78 is 13.5. The molecule has 0 saturated heterocycles. The molecule has 0 aliphatic rings. The molecule has 0 heterocycles. The predicted molar refractivity (Wildman–Crippen MR) is 80.3 cm³/mol. The van der Waals surface area contributed by atoms with E-state index in [1.54, 1.807) is 6.07 Å². The topological polar surface area (TPSA) is 15.3 Å². The highest BCUT2D eigenvalue weighted by Gasteiger charge is 2.31. The SMILES string of the molecule is CCNC(Cc1cccc(F)c1Cl)C(C)(C)N(C)C. The lowest BCUT2D eigenvalue weighted by atomic mass is 9.88. The normalized spacial score (nSPS) is 13.9. The van der Waals surface area contributed by atoms with Crippen LogP contribution in [0.25, 0.3) is 0 Å². The van der Waals surface area contributed by atoms with Crippen LogP contribution in [0.4, 0.5) is 4.39 Å². The fourth-order valence-corrected chi connectivity index (χ4v) is 2.26. The highest BCUT2D eigenvalue weighted by Crippen LogP contribution is 2.25. The second kappa shape index (κ2) is 6.69. The van der Waals surface area contributed by atoms with E-state index >= 15 is 0 Å². The Hall–Kier alpha value is -0.640. The van der Waals surface area contributed by atoms with Crippen LogP contribution in [0.15, 0.2) is 18.2 Å². The lowest BCUT2D eigenvalue weighted by Gasteiger charge is -2.41. The zero-order chi connectivity index (χ0) is 14.6. The van der Waals surface area contributed by atoms with Gasteiger partial charge in [0.2, 0.25) is 0 Å². The van der Waals surface area contributed by atoms with E-state index in [4.69, 9.17) is 11.6 Å². The van der Waals surface area contributed by atoms with Gasteiger partial charge in [0.1, 0.15) is 5.82 Å². The molecule has 0 bridgehead atoms. The van der Waals surface area contributed by atoms with Gasteiger partial charge in [-0.15, -0.1) is 0 Å². The third-order valence-corrected chi connectivity index (χ3v) is 4.33. The lowest BCUT2D eigenvalue weighted by Crippen LogP contribution is -2.56. The summed E-state index contributed by atoms with van der Waals surface area (Å²) in [7, 11) is 4.11. The first kappa shape index (κ1) is 16.4. The van der Waals surface area contributed by atoms with Crippen LogP contribution in [0.2, 0.25) is 5.02 Å². The van der Waals surface area contributed by atoms with E-state index < -0.39 is 0 Å². The van der Waals surface area contributed by atoms with Crippen molar-refractivity contribution in [2.24, 2.45) is 0 Å². The van der Waals surface area contributed by atoms with Gasteiger partial charge in [-0.1, -0.05) is 30.7 Å². The monoisotopic (exact) mass is 286 g/mol. The van der Waals surface area contributed by atoms with Gasteiger partial charge in [-0.05, 0) is 52.5 Å². The number of likely N-dealkylation sites (N-methyl/N-ethyl adjacent to an activating group) is 2. The summed E-state index contributed by atoms with van der Waals surface area (Å²) in [6, 6.07) is 5.20. The second-order valence-electron chi connectivity index (χ2n) is 5.58. The molecule has 1 atom stereocenters. The molecular formula is C15H24ClFN2. The minimum absolute atomic E-state index is 0.0499. The lowest BCUT2D eigenvalue weighted by molar-refractivity contribution is 0.138. The van der Waals surface area contributed by atoms with Crippen molar-refractivity contribution < 1.29 is 4.39 Å². The molecular weight excluding hydrogens is 263 g/mol. The molecule has 0 spiro atoms. The quantitative estimate of drug-likeness (QED) is 0.863. The van der Waals surface area contributed by atoms with E-state index in [0.717, 1.165) is 12.1 Å². The van der Waals surface area contributed by atoms with E-state index in [2.05, 4.69) is 45.1 Å². The second-order valence-corrected chi connectivity index (χ2v) is 5.95. The first-order chi connectivity index (χ1) is 8.80. The van der Waals surface area contributed by atoms with Crippen LogP contribution in [0.5, 0.6) is 0 Å². The summed E-state index contributed by atoms with van der Waals surface area (Å²) in [5.74, 6) is -0.350. The number of benzene rings is 1. The first-order valence-electron chi connectivity index (χ1n) is 6.64. The zero-order valence-electron chi connectivity index (χ0n) is 12.4. The Bertz CT molecular complexity index is 419.